The van der Waals surface area contributed by atoms with Crippen LogP contribution < -0.4 is 0 Å². The second-order valence-corrected chi connectivity index (χ2v) is 6.12. The van der Waals surface area contributed by atoms with Crippen molar-refractivity contribution in [3.05, 3.63) is 16.3 Å². The van der Waals surface area contributed by atoms with Crippen molar-refractivity contribution in [2.45, 2.75) is 37.5 Å². The fourth-order valence-corrected chi connectivity index (χ4v) is 3.54. The highest BCUT2D eigenvalue weighted by Crippen LogP contribution is 2.25. The van der Waals surface area contributed by atoms with Gasteiger partial charge in [-0.25, -0.2) is 0 Å². The molecule has 1 saturated heterocycles. The second kappa shape index (κ2) is 5.91. The van der Waals surface area contributed by atoms with E-state index in [1.807, 2.05) is 16.3 Å². The van der Waals surface area contributed by atoms with E-state index in [-0.39, 0.29) is 5.91 Å². The van der Waals surface area contributed by atoms with E-state index >= 15 is 0 Å². The number of thiol groups is 1. The Morgan fingerprint density at radius 1 is 1.53 bits per heavy atom. The van der Waals surface area contributed by atoms with Crippen molar-refractivity contribution < 1.29 is 4.79 Å². The molecule has 0 spiro atoms. The van der Waals surface area contributed by atoms with Crippen LogP contribution >= 0.6 is 24.0 Å². The van der Waals surface area contributed by atoms with Gasteiger partial charge in [-0.3, -0.25) is 4.79 Å². The van der Waals surface area contributed by atoms with Crippen LogP contribution in [0, 0.1) is 5.92 Å². The van der Waals surface area contributed by atoms with E-state index in [9.17, 15) is 4.79 Å². The minimum atomic E-state index is 0.185. The van der Waals surface area contributed by atoms with E-state index in [1.165, 1.54) is 37.0 Å². The Labute approximate surface area is 112 Å². The molecule has 4 heteroatoms. The number of thiophene rings is 1. The maximum absolute atomic E-state index is 12.2. The Balaban J connectivity index is 1.90. The molecule has 1 fully saturated rings. The van der Waals surface area contributed by atoms with Gasteiger partial charge in [-0.2, -0.15) is 0 Å². The predicted molar refractivity (Wildman–Crippen MR) is 75.1 cm³/mol. The number of likely N-dealkylation sites (tertiary alicyclic amines) is 1. The third kappa shape index (κ3) is 3.26. The first-order chi connectivity index (χ1) is 8.20. The first-order valence-electron chi connectivity index (χ1n) is 6.27. The number of amides is 1. The van der Waals surface area contributed by atoms with Crippen molar-refractivity contribution in [1.82, 2.24) is 4.90 Å². The number of piperidine rings is 1. The average molecular weight is 269 g/mol. The summed E-state index contributed by atoms with van der Waals surface area (Å²) in [6, 6.07) is 1.87. The largest absolute Gasteiger partial charge is 0.338 e. The lowest BCUT2D eigenvalue weighted by atomic mass is 9.92. The van der Waals surface area contributed by atoms with Gasteiger partial charge >= 0.3 is 0 Å². The average Bonchev–Trinajstić information content (AvgIpc) is 2.76. The van der Waals surface area contributed by atoms with Crippen LogP contribution in [0.3, 0.4) is 0 Å². The first kappa shape index (κ1) is 13.0. The van der Waals surface area contributed by atoms with Gasteiger partial charge in [-0.1, -0.05) is 19.8 Å². The van der Waals surface area contributed by atoms with Crippen LogP contribution in [0.25, 0.3) is 0 Å². The van der Waals surface area contributed by atoms with E-state index in [0.29, 0.717) is 0 Å². The minimum Gasteiger partial charge on any atom is -0.338 e. The third-order valence-electron chi connectivity index (χ3n) is 3.40. The van der Waals surface area contributed by atoms with E-state index in [2.05, 4.69) is 19.6 Å². The summed E-state index contributed by atoms with van der Waals surface area (Å²) < 4.78 is 0. The SMILES string of the molecule is CCCC1CCN(C(=O)c2cc(S)cs2)CC1. The zero-order valence-electron chi connectivity index (χ0n) is 10.2. The van der Waals surface area contributed by atoms with Gasteiger partial charge in [0.25, 0.3) is 5.91 Å². The lowest BCUT2D eigenvalue weighted by Gasteiger charge is -2.31. The molecule has 2 rings (SSSR count). The second-order valence-electron chi connectivity index (χ2n) is 4.69. The lowest BCUT2D eigenvalue weighted by Crippen LogP contribution is -2.38. The molecule has 0 aromatic carbocycles. The van der Waals surface area contributed by atoms with Crippen LogP contribution in [-0.2, 0) is 0 Å². The molecule has 2 heterocycles. The fraction of sp³-hybridized carbons (Fsp3) is 0.615. The molecule has 1 aromatic heterocycles. The van der Waals surface area contributed by atoms with Gasteiger partial charge in [-0.05, 0) is 24.8 Å². The van der Waals surface area contributed by atoms with Crippen molar-refractivity contribution in [1.29, 1.82) is 0 Å². The third-order valence-corrected chi connectivity index (χ3v) is 4.75. The molecule has 1 amide bonds. The lowest BCUT2D eigenvalue weighted by molar-refractivity contribution is 0.0691. The summed E-state index contributed by atoms with van der Waals surface area (Å²) >= 11 is 5.74. The quantitative estimate of drug-likeness (QED) is 0.830. The van der Waals surface area contributed by atoms with Crippen molar-refractivity contribution >= 4 is 29.9 Å². The normalized spacial score (nSPS) is 17.4. The highest BCUT2D eigenvalue weighted by molar-refractivity contribution is 7.80. The number of carbonyl (C=O) groups is 1. The number of carbonyl (C=O) groups excluding carboxylic acids is 1. The zero-order chi connectivity index (χ0) is 12.3. The van der Waals surface area contributed by atoms with Gasteiger partial charge in [0.2, 0.25) is 0 Å². The number of nitrogens with zero attached hydrogens (tertiary/aromatic N) is 1. The Morgan fingerprint density at radius 3 is 2.76 bits per heavy atom. The van der Waals surface area contributed by atoms with Gasteiger partial charge in [0, 0.05) is 23.4 Å². The van der Waals surface area contributed by atoms with Gasteiger partial charge in [0.1, 0.15) is 0 Å². The molecule has 2 nitrogen and oxygen atoms in total. The Bertz CT molecular complexity index is 381. The molecule has 0 aliphatic carbocycles. The Hall–Kier alpha value is -0.480. The molecule has 0 unspecified atom stereocenters. The molecule has 0 bridgehead atoms. The molecule has 0 radical (unpaired) electrons. The zero-order valence-corrected chi connectivity index (χ0v) is 11.9. The monoisotopic (exact) mass is 269 g/mol. The maximum Gasteiger partial charge on any atom is 0.263 e. The van der Waals surface area contributed by atoms with Gasteiger partial charge in [0.05, 0.1) is 4.88 Å². The number of rotatable bonds is 3. The van der Waals surface area contributed by atoms with Crippen LogP contribution in [0.2, 0.25) is 0 Å². The molecular formula is C13H19NOS2. The summed E-state index contributed by atoms with van der Waals surface area (Å²) in [7, 11) is 0. The van der Waals surface area contributed by atoms with Crippen LogP contribution in [0.4, 0.5) is 0 Å². The predicted octanol–water partition coefficient (Wildman–Crippen LogP) is 3.69. The van der Waals surface area contributed by atoms with E-state index in [1.54, 1.807) is 0 Å². The Kier molecular flexibility index (Phi) is 4.51. The maximum atomic E-state index is 12.2. The molecular weight excluding hydrogens is 250 g/mol. The summed E-state index contributed by atoms with van der Waals surface area (Å²) in [5, 5.41) is 1.92. The molecule has 1 aromatic rings. The summed E-state index contributed by atoms with van der Waals surface area (Å²) in [5.41, 5.74) is 0. The summed E-state index contributed by atoms with van der Waals surface area (Å²) in [6.45, 7) is 4.07. The van der Waals surface area contributed by atoms with Gasteiger partial charge in [0.15, 0.2) is 0 Å². The first-order valence-corrected chi connectivity index (χ1v) is 7.60. The topological polar surface area (TPSA) is 20.3 Å². The number of hydrogen-bond acceptors (Lipinski definition) is 3. The van der Waals surface area contributed by atoms with Crippen LogP contribution in [0.15, 0.2) is 16.3 Å². The molecule has 1 aliphatic heterocycles. The summed E-state index contributed by atoms with van der Waals surface area (Å²) in [5.74, 6) is 1.01. The van der Waals surface area contributed by atoms with Gasteiger partial charge < -0.3 is 4.90 Å². The summed E-state index contributed by atoms with van der Waals surface area (Å²) in [4.78, 5) is 15.9. The highest BCUT2D eigenvalue weighted by Gasteiger charge is 2.23. The van der Waals surface area contributed by atoms with E-state index in [4.69, 9.17) is 0 Å². The van der Waals surface area contributed by atoms with Gasteiger partial charge in [-0.15, -0.1) is 24.0 Å². The van der Waals surface area contributed by atoms with E-state index < -0.39 is 0 Å². The van der Waals surface area contributed by atoms with Crippen molar-refractivity contribution in [3.63, 3.8) is 0 Å². The molecule has 0 atom stereocenters. The highest BCUT2D eigenvalue weighted by atomic mass is 32.1. The van der Waals surface area contributed by atoms with Crippen LogP contribution in [0.1, 0.15) is 42.3 Å². The smallest absolute Gasteiger partial charge is 0.263 e. The molecule has 1 aliphatic rings. The fourth-order valence-electron chi connectivity index (χ4n) is 2.43. The van der Waals surface area contributed by atoms with E-state index in [0.717, 1.165) is 28.8 Å². The van der Waals surface area contributed by atoms with Crippen molar-refractivity contribution in [3.8, 4) is 0 Å². The van der Waals surface area contributed by atoms with Crippen LogP contribution in [0.5, 0.6) is 0 Å². The summed E-state index contributed by atoms with van der Waals surface area (Å²) in [6.07, 6.45) is 4.89. The molecule has 0 N–H and O–H groups in total. The molecule has 0 saturated carbocycles. The van der Waals surface area contributed by atoms with Crippen molar-refractivity contribution in [2.75, 3.05) is 13.1 Å². The standard InChI is InChI=1S/C13H19NOS2/c1-2-3-10-4-6-14(7-5-10)13(15)12-8-11(16)9-17-12/h8-10,16H,2-7H2,1H3. The van der Waals surface area contributed by atoms with Crippen LogP contribution in [-0.4, -0.2) is 23.9 Å². The Morgan fingerprint density at radius 2 is 2.24 bits per heavy atom. The van der Waals surface area contributed by atoms with Crippen molar-refractivity contribution in [2.24, 2.45) is 5.92 Å². The number of hydrogen-bond donors (Lipinski definition) is 1. The molecule has 94 valence electrons. The molecule has 17 heavy (non-hydrogen) atoms. The minimum absolute atomic E-state index is 0.185.